The summed E-state index contributed by atoms with van der Waals surface area (Å²) >= 11 is 2.79. The summed E-state index contributed by atoms with van der Waals surface area (Å²) in [5, 5.41) is 4.70. The molecule has 3 rings (SSSR count). The molecule has 0 bridgehead atoms. The van der Waals surface area contributed by atoms with Crippen LogP contribution in [0.4, 0.5) is 5.69 Å². The highest BCUT2D eigenvalue weighted by Crippen LogP contribution is 2.30. The van der Waals surface area contributed by atoms with Gasteiger partial charge in [-0.2, -0.15) is 4.31 Å². The number of thioether (sulfide) groups is 1. The molecule has 2 heterocycles. The number of benzene rings is 1. The molecule has 0 unspecified atom stereocenters. The molecule has 0 spiro atoms. The van der Waals surface area contributed by atoms with Crippen LogP contribution in [0.5, 0.6) is 0 Å². The van der Waals surface area contributed by atoms with E-state index in [0.717, 1.165) is 23.4 Å². The summed E-state index contributed by atoms with van der Waals surface area (Å²) in [7, 11) is -3.53. The average molecular weight is 411 g/mol. The van der Waals surface area contributed by atoms with Crippen molar-refractivity contribution in [2.75, 3.05) is 18.1 Å². The zero-order valence-electron chi connectivity index (χ0n) is 14.6. The number of rotatable bonds is 6. The first-order valence-electron chi connectivity index (χ1n) is 8.50. The lowest BCUT2D eigenvalue weighted by Gasteiger charge is -2.34. The highest BCUT2D eigenvalue weighted by Gasteiger charge is 2.35. The number of anilines is 1. The summed E-state index contributed by atoms with van der Waals surface area (Å²) < 4.78 is 27.7. The molecule has 2 aromatic rings. The normalized spacial score (nSPS) is 18.6. The number of carbonyl (C=O) groups is 1. The maximum absolute atomic E-state index is 12.9. The Kier molecular flexibility index (Phi) is 6.39. The first-order chi connectivity index (χ1) is 12.5. The number of sulfonamides is 1. The predicted octanol–water partition coefficient (Wildman–Crippen LogP) is 4.04. The molecule has 1 fully saturated rings. The van der Waals surface area contributed by atoms with E-state index in [4.69, 9.17) is 0 Å². The van der Waals surface area contributed by atoms with E-state index in [0.29, 0.717) is 17.2 Å². The fraction of sp³-hybridized carbons (Fsp3) is 0.389. The van der Waals surface area contributed by atoms with Gasteiger partial charge in [0.25, 0.3) is 10.0 Å². The molecule has 0 radical (unpaired) electrons. The second-order valence-corrected chi connectivity index (χ2v) is 10.1. The number of amides is 1. The number of hydrogen-bond acceptors (Lipinski definition) is 5. The van der Waals surface area contributed by atoms with Crippen LogP contribution < -0.4 is 5.32 Å². The molecule has 8 heteroatoms. The number of hydrogen-bond donors (Lipinski definition) is 1. The molecule has 0 saturated carbocycles. The highest BCUT2D eigenvalue weighted by atomic mass is 32.2. The summed E-state index contributed by atoms with van der Waals surface area (Å²) in [5.74, 6) is -0.148. The third-order valence-electron chi connectivity index (χ3n) is 4.43. The molecule has 1 atom stereocenters. The molecule has 5 nitrogen and oxygen atoms in total. The van der Waals surface area contributed by atoms with Crippen LogP contribution in [0.3, 0.4) is 0 Å². The number of piperidine rings is 1. The van der Waals surface area contributed by atoms with E-state index in [1.54, 1.807) is 29.3 Å². The lowest BCUT2D eigenvalue weighted by Crippen LogP contribution is -2.45. The van der Waals surface area contributed by atoms with Crippen LogP contribution in [0.2, 0.25) is 0 Å². The molecule has 1 amide bonds. The molecule has 0 aliphatic carbocycles. The van der Waals surface area contributed by atoms with Crippen LogP contribution >= 0.6 is 23.1 Å². The number of nitrogens with one attached hydrogen (secondary N) is 1. The average Bonchev–Trinajstić information content (AvgIpc) is 3.18. The van der Waals surface area contributed by atoms with Crippen molar-refractivity contribution < 1.29 is 13.2 Å². The third-order valence-corrected chi connectivity index (χ3v) is 8.55. The van der Waals surface area contributed by atoms with Gasteiger partial charge < -0.3 is 5.32 Å². The lowest BCUT2D eigenvalue weighted by molar-refractivity contribution is -0.117. The standard InChI is InChI=1S/C18H22N2O3S3/c1-24-16-9-3-2-8-15(16)19-17(21)13-14-7-4-5-11-20(14)26(22,23)18-10-6-12-25-18/h2-3,6,8-10,12,14H,4-5,7,11,13H2,1H3,(H,19,21)/t14-/m1/s1. The largest absolute Gasteiger partial charge is 0.325 e. The van der Waals surface area contributed by atoms with Gasteiger partial charge in [-0.3, -0.25) is 4.79 Å². The van der Waals surface area contributed by atoms with E-state index in [9.17, 15) is 13.2 Å². The Morgan fingerprint density at radius 2 is 2.08 bits per heavy atom. The quantitative estimate of drug-likeness (QED) is 0.730. The van der Waals surface area contributed by atoms with Gasteiger partial charge in [0.15, 0.2) is 0 Å². The van der Waals surface area contributed by atoms with Gasteiger partial charge in [-0.05, 0) is 42.7 Å². The lowest BCUT2D eigenvalue weighted by atomic mass is 10.0. The van der Waals surface area contributed by atoms with Crippen LogP contribution in [-0.2, 0) is 14.8 Å². The van der Waals surface area contributed by atoms with Crippen molar-refractivity contribution in [2.45, 2.75) is 40.8 Å². The van der Waals surface area contributed by atoms with Crippen molar-refractivity contribution in [1.29, 1.82) is 0 Å². The van der Waals surface area contributed by atoms with E-state index in [-0.39, 0.29) is 18.4 Å². The van der Waals surface area contributed by atoms with Crippen molar-refractivity contribution in [2.24, 2.45) is 0 Å². The summed E-state index contributed by atoms with van der Waals surface area (Å²) in [6, 6.07) is 10.7. The van der Waals surface area contributed by atoms with Gasteiger partial charge in [-0.15, -0.1) is 23.1 Å². The molecule has 140 valence electrons. The minimum absolute atomic E-state index is 0.148. The van der Waals surface area contributed by atoms with E-state index in [1.807, 2.05) is 30.5 Å². The van der Waals surface area contributed by atoms with E-state index >= 15 is 0 Å². The van der Waals surface area contributed by atoms with Gasteiger partial charge >= 0.3 is 0 Å². The zero-order chi connectivity index (χ0) is 18.6. The van der Waals surface area contributed by atoms with Crippen molar-refractivity contribution in [3.63, 3.8) is 0 Å². The molecule has 1 aromatic heterocycles. The zero-order valence-corrected chi connectivity index (χ0v) is 17.0. The van der Waals surface area contributed by atoms with E-state index in [1.165, 1.54) is 15.6 Å². The third kappa shape index (κ3) is 4.31. The smallest absolute Gasteiger partial charge is 0.252 e. The Balaban J connectivity index is 1.73. The fourth-order valence-corrected chi connectivity index (χ4v) is 6.55. The summed E-state index contributed by atoms with van der Waals surface area (Å²) in [6.45, 7) is 0.472. The number of nitrogens with zero attached hydrogens (tertiary/aromatic N) is 1. The second kappa shape index (κ2) is 8.56. The predicted molar refractivity (Wildman–Crippen MR) is 107 cm³/mol. The van der Waals surface area contributed by atoms with Crippen molar-refractivity contribution in [3.05, 3.63) is 41.8 Å². The maximum Gasteiger partial charge on any atom is 0.252 e. The van der Waals surface area contributed by atoms with Crippen molar-refractivity contribution in [1.82, 2.24) is 4.31 Å². The Morgan fingerprint density at radius 3 is 2.81 bits per heavy atom. The Hall–Kier alpha value is -1.35. The van der Waals surface area contributed by atoms with Crippen LogP contribution in [0.1, 0.15) is 25.7 Å². The van der Waals surface area contributed by atoms with Gasteiger partial charge in [-0.1, -0.05) is 24.6 Å². The number of carbonyl (C=O) groups excluding carboxylic acids is 1. The highest BCUT2D eigenvalue weighted by molar-refractivity contribution is 7.98. The van der Waals surface area contributed by atoms with E-state index < -0.39 is 10.0 Å². The van der Waals surface area contributed by atoms with Crippen LogP contribution in [-0.4, -0.2) is 37.5 Å². The number of thiophene rings is 1. The summed E-state index contributed by atoms with van der Waals surface area (Å²) in [4.78, 5) is 13.6. The fourth-order valence-electron chi connectivity index (χ4n) is 3.18. The van der Waals surface area contributed by atoms with Gasteiger partial charge in [0, 0.05) is 23.9 Å². The van der Waals surface area contributed by atoms with Gasteiger partial charge in [0.2, 0.25) is 5.91 Å². The Morgan fingerprint density at radius 1 is 1.27 bits per heavy atom. The van der Waals surface area contributed by atoms with Crippen molar-refractivity contribution >= 4 is 44.7 Å². The van der Waals surface area contributed by atoms with Gasteiger partial charge in [0.1, 0.15) is 4.21 Å². The minimum atomic E-state index is -3.53. The SMILES string of the molecule is CSc1ccccc1NC(=O)C[C@H]1CCCCN1S(=O)(=O)c1cccs1. The molecule has 1 aromatic carbocycles. The molecule has 1 aliphatic rings. The molecular formula is C18H22N2O3S3. The minimum Gasteiger partial charge on any atom is -0.325 e. The Labute approximate surface area is 162 Å². The van der Waals surface area contributed by atoms with Gasteiger partial charge in [0.05, 0.1) is 5.69 Å². The molecule has 1 N–H and O–H groups in total. The first kappa shape index (κ1) is 19.4. The van der Waals surface area contributed by atoms with Crippen LogP contribution in [0.15, 0.2) is 50.9 Å². The first-order valence-corrected chi connectivity index (χ1v) is 12.0. The van der Waals surface area contributed by atoms with Crippen LogP contribution in [0.25, 0.3) is 0 Å². The van der Waals surface area contributed by atoms with Gasteiger partial charge in [-0.25, -0.2) is 8.42 Å². The van der Waals surface area contributed by atoms with Crippen molar-refractivity contribution in [3.8, 4) is 0 Å². The summed E-state index contributed by atoms with van der Waals surface area (Å²) in [5.41, 5.74) is 0.772. The topological polar surface area (TPSA) is 66.5 Å². The van der Waals surface area contributed by atoms with E-state index in [2.05, 4.69) is 5.32 Å². The molecule has 26 heavy (non-hydrogen) atoms. The summed E-state index contributed by atoms with van der Waals surface area (Å²) in [6.07, 6.45) is 4.62. The molecule has 1 saturated heterocycles. The Bertz CT molecular complexity index is 850. The second-order valence-electron chi connectivity index (χ2n) is 6.15. The number of para-hydroxylation sites is 1. The van der Waals surface area contributed by atoms with Crippen LogP contribution in [0, 0.1) is 0 Å². The monoisotopic (exact) mass is 410 g/mol. The maximum atomic E-state index is 12.9. The molecular weight excluding hydrogens is 388 g/mol. The molecule has 1 aliphatic heterocycles.